The van der Waals surface area contributed by atoms with Crippen LogP contribution in [0.4, 0.5) is 5.82 Å². The molecule has 1 aliphatic rings. The van der Waals surface area contributed by atoms with Crippen molar-refractivity contribution in [2.24, 2.45) is 0 Å². The summed E-state index contributed by atoms with van der Waals surface area (Å²) in [6.07, 6.45) is 5.52. The lowest BCUT2D eigenvalue weighted by Gasteiger charge is -2.11. The van der Waals surface area contributed by atoms with Crippen molar-refractivity contribution in [3.8, 4) is 0 Å². The minimum atomic E-state index is -0.139. The molecular weight excluding hydrogens is 288 g/mol. The molecule has 1 fully saturated rings. The van der Waals surface area contributed by atoms with E-state index in [0.717, 1.165) is 42.1 Å². The summed E-state index contributed by atoms with van der Waals surface area (Å²) < 4.78 is 1.74. The minimum Gasteiger partial charge on any atom is -0.373 e. The largest absolute Gasteiger partial charge is 0.373 e. The molecule has 2 heterocycles. The molecule has 0 saturated heterocycles. The summed E-state index contributed by atoms with van der Waals surface area (Å²) in [6.45, 7) is 2.12. The van der Waals surface area contributed by atoms with Gasteiger partial charge >= 0.3 is 5.69 Å². The molecule has 0 aromatic carbocycles. The Morgan fingerprint density at radius 3 is 2.95 bits per heavy atom. The molecule has 21 heavy (non-hydrogen) atoms. The van der Waals surface area contributed by atoms with Crippen LogP contribution in [0.15, 0.2) is 21.3 Å². The van der Waals surface area contributed by atoms with Crippen LogP contribution in [0.2, 0.25) is 0 Å². The van der Waals surface area contributed by atoms with Gasteiger partial charge in [-0.3, -0.25) is 4.57 Å². The molecule has 2 aromatic rings. The van der Waals surface area contributed by atoms with Crippen LogP contribution in [-0.2, 0) is 6.42 Å². The molecule has 0 bridgehead atoms. The van der Waals surface area contributed by atoms with Gasteiger partial charge in [-0.2, -0.15) is 0 Å². The molecule has 0 radical (unpaired) electrons. The van der Waals surface area contributed by atoms with Crippen LogP contribution in [0, 0.1) is 0 Å². The van der Waals surface area contributed by atoms with E-state index >= 15 is 0 Å². The molecule has 1 aliphatic carbocycles. The van der Waals surface area contributed by atoms with Gasteiger partial charge in [0.15, 0.2) is 5.16 Å². The van der Waals surface area contributed by atoms with Gasteiger partial charge in [0.25, 0.3) is 0 Å². The van der Waals surface area contributed by atoms with Gasteiger partial charge in [-0.1, -0.05) is 13.3 Å². The quantitative estimate of drug-likeness (QED) is 0.792. The maximum absolute atomic E-state index is 11.8. The Morgan fingerprint density at radius 1 is 1.48 bits per heavy atom. The average molecular weight is 306 g/mol. The zero-order chi connectivity index (χ0) is 14.8. The number of nitrogens with zero attached hydrogens (tertiary/aromatic N) is 4. The van der Waals surface area contributed by atoms with E-state index in [1.807, 2.05) is 7.05 Å². The van der Waals surface area contributed by atoms with Crippen molar-refractivity contribution >= 4 is 17.6 Å². The SMILES string of the molecule is CCCc1c(NC)ncnc1Sc1n[nH]c(=O)n1C1CC1. The lowest BCUT2D eigenvalue weighted by Crippen LogP contribution is -2.16. The van der Waals surface area contributed by atoms with E-state index in [0.29, 0.717) is 11.2 Å². The van der Waals surface area contributed by atoms with Crippen molar-refractivity contribution in [2.45, 2.75) is 48.8 Å². The molecule has 0 spiro atoms. The van der Waals surface area contributed by atoms with Crippen LogP contribution in [-0.4, -0.2) is 31.8 Å². The van der Waals surface area contributed by atoms with Crippen LogP contribution >= 0.6 is 11.8 Å². The summed E-state index contributed by atoms with van der Waals surface area (Å²) in [5, 5.41) is 11.3. The molecule has 0 aliphatic heterocycles. The summed E-state index contributed by atoms with van der Waals surface area (Å²) in [6, 6.07) is 0.291. The summed E-state index contributed by atoms with van der Waals surface area (Å²) in [7, 11) is 1.85. The second-order valence-corrected chi connectivity index (χ2v) is 5.98. The third-order valence-corrected chi connectivity index (χ3v) is 4.43. The second kappa shape index (κ2) is 5.88. The van der Waals surface area contributed by atoms with Crippen molar-refractivity contribution < 1.29 is 0 Å². The first-order valence-electron chi connectivity index (χ1n) is 7.11. The van der Waals surface area contributed by atoms with Gasteiger partial charge in [0.2, 0.25) is 0 Å². The van der Waals surface area contributed by atoms with E-state index in [-0.39, 0.29) is 5.69 Å². The van der Waals surface area contributed by atoms with Crippen molar-refractivity contribution in [1.29, 1.82) is 0 Å². The molecule has 2 N–H and O–H groups in total. The number of aromatic nitrogens is 5. The normalized spacial score (nSPS) is 14.4. The van der Waals surface area contributed by atoms with Gasteiger partial charge in [0.1, 0.15) is 17.2 Å². The number of hydrogen-bond acceptors (Lipinski definition) is 6. The zero-order valence-electron chi connectivity index (χ0n) is 12.1. The van der Waals surface area contributed by atoms with E-state index < -0.39 is 0 Å². The molecule has 0 unspecified atom stereocenters. The Balaban J connectivity index is 1.96. The number of H-pyrrole nitrogens is 1. The van der Waals surface area contributed by atoms with Gasteiger partial charge in [-0.15, -0.1) is 5.10 Å². The number of anilines is 1. The highest BCUT2D eigenvalue weighted by Crippen LogP contribution is 2.38. The Kier molecular flexibility index (Phi) is 3.96. The van der Waals surface area contributed by atoms with Gasteiger partial charge in [-0.25, -0.2) is 19.9 Å². The highest BCUT2D eigenvalue weighted by Gasteiger charge is 2.29. The fraction of sp³-hybridized carbons (Fsp3) is 0.538. The highest BCUT2D eigenvalue weighted by molar-refractivity contribution is 7.99. The predicted molar refractivity (Wildman–Crippen MR) is 80.8 cm³/mol. The molecule has 2 aromatic heterocycles. The van der Waals surface area contributed by atoms with Crippen molar-refractivity contribution in [3.63, 3.8) is 0 Å². The molecule has 3 rings (SSSR count). The predicted octanol–water partition coefficient (Wildman–Crippen LogP) is 1.84. The van der Waals surface area contributed by atoms with E-state index in [9.17, 15) is 4.79 Å². The average Bonchev–Trinajstić information content (AvgIpc) is 3.25. The van der Waals surface area contributed by atoms with E-state index in [1.54, 1.807) is 10.9 Å². The summed E-state index contributed by atoms with van der Waals surface area (Å²) in [5.41, 5.74) is 0.935. The van der Waals surface area contributed by atoms with Gasteiger partial charge < -0.3 is 5.32 Å². The van der Waals surface area contributed by atoms with Crippen LogP contribution in [0.3, 0.4) is 0 Å². The molecule has 0 atom stereocenters. The number of rotatable bonds is 6. The number of aromatic amines is 1. The van der Waals surface area contributed by atoms with E-state index in [2.05, 4.69) is 32.4 Å². The van der Waals surface area contributed by atoms with Crippen LogP contribution in [0.25, 0.3) is 0 Å². The van der Waals surface area contributed by atoms with Gasteiger partial charge in [-0.05, 0) is 31.0 Å². The van der Waals surface area contributed by atoms with Crippen LogP contribution in [0.5, 0.6) is 0 Å². The first-order valence-corrected chi connectivity index (χ1v) is 7.92. The van der Waals surface area contributed by atoms with E-state index in [1.165, 1.54) is 11.8 Å². The maximum atomic E-state index is 11.8. The van der Waals surface area contributed by atoms with Crippen molar-refractivity contribution in [3.05, 3.63) is 22.4 Å². The monoisotopic (exact) mass is 306 g/mol. The second-order valence-electron chi connectivity index (χ2n) is 5.02. The standard InChI is InChI=1S/C13H18N6OS/c1-3-4-9-10(14-2)15-7-16-11(9)21-13-18-17-12(20)19(13)8-5-6-8/h7-8H,3-6H2,1-2H3,(H,17,20)(H,14,15,16). The highest BCUT2D eigenvalue weighted by atomic mass is 32.2. The summed E-state index contributed by atoms with van der Waals surface area (Å²) in [4.78, 5) is 20.5. The molecule has 1 saturated carbocycles. The third kappa shape index (κ3) is 2.80. The zero-order valence-corrected chi connectivity index (χ0v) is 12.9. The Bertz CT molecular complexity index is 690. The van der Waals surface area contributed by atoms with Crippen LogP contribution < -0.4 is 11.0 Å². The fourth-order valence-corrected chi connectivity index (χ4v) is 3.29. The molecule has 7 nitrogen and oxygen atoms in total. The third-order valence-electron chi connectivity index (χ3n) is 3.41. The van der Waals surface area contributed by atoms with Gasteiger partial charge in [0.05, 0.1) is 0 Å². The molecule has 112 valence electrons. The van der Waals surface area contributed by atoms with Crippen LogP contribution in [0.1, 0.15) is 37.8 Å². The fourth-order valence-electron chi connectivity index (χ4n) is 2.28. The summed E-state index contributed by atoms with van der Waals surface area (Å²) in [5.74, 6) is 0.838. The lowest BCUT2D eigenvalue weighted by molar-refractivity contribution is 0.641. The van der Waals surface area contributed by atoms with Crippen molar-refractivity contribution in [1.82, 2.24) is 24.7 Å². The molecular formula is C13H18N6OS. The number of hydrogen-bond donors (Lipinski definition) is 2. The first-order chi connectivity index (χ1) is 10.2. The lowest BCUT2D eigenvalue weighted by atomic mass is 10.2. The molecule has 0 amide bonds. The smallest absolute Gasteiger partial charge is 0.344 e. The van der Waals surface area contributed by atoms with Gasteiger partial charge in [0, 0.05) is 18.7 Å². The molecule has 8 heteroatoms. The Labute approximate surface area is 126 Å². The minimum absolute atomic E-state index is 0.139. The summed E-state index contributed by atoms with van der Waals surface area (Å²) >= 11 is 1.43. The Hall–Kier alpha value is -1.83. The van der Waals surface area contributed by atoms with E-state index in [4.69, 9.17) is 0 Å². The van der Waals surface area contributed by atoms with Crippen molar-refractivity contribution in [2.75, 3.05) is 12.4 Å². The topological polar surface area (TPSA) is 88.5 Å². The Morgan fingerprint density at radius 2 is 2.29 bits per heavy atom. The number of nitrogens with one attached hydrogen (secondary N) is 2. The maximum Gasteiger partial charge on any atom is 0.344 e. The first kappa shape index (κ1) is 14.1.